The summed E-state index contributed by atoms with van der Waals surface area (Å²) in [4.78, 5) is 0. The fourth-order valence-electron chi connectivity index (χ4n) is 3.42. The fourth-order valence-corrected chi connectivity index (χ4v) is 4.91. The number of halogens is 1. The molecule has 3 aromatic rings. The number of rotatable bonds is 4. The lowest BCUT2D eigenvalue weighted by Crippen LogP contribution is -2.31. The summed E-state index contributed by atoms with van der Waals surface area (Å²) in [6.45, 7) is 1.12. The van der Waals surface area contributed by atoms with E-state index in [0.29, 0.717) is 30.3 Å². The Bertz CT molecular complexity index is 1110. The number of hydrogen-bond donors (Lipinski definition) is 2. The van der Waals surface area contributed by atoms with Crippen LogP contribution in [-0.2, 0) is 36.9 Å². The van der Waals surface area contributed by atoms with Gasteiger partial charge in [0.05, 0.1) is 16.2 Å². The summed E-state index contributed by atoms with van der Waals surface area (Å²) in [5.74, 6) is 0. The minimum Gasteiger partial charge on any atom is -0.347 e. The predicted molar refractivity (Wildman–Crippen MR) is 104 cm³/mol. The first-order valence-corrected chi connectivity index (χ1v) is 10.0. The highest BCUT2D eigenvalue weighted by molar-refractivity contribution is 7.90. The minimum atomic E-state index is -3.70. The first-order chi connectivity index (χ1) is 12.4. The molecule has 6 nitrogen and oxygen atoms in total. The molecule has 4 rings (SSSR count). The summed E-state index contributed by atoms with van der Waals surface area (Å²) in [6.07, 6.45) is 1.77. The van der Waals surface area contributed by atoms with Crippen molar-refractivity contribution in [2.24, 2.45) is 12.8 Å². The van der Waals surface area contributed by atoms with Crippen molar-refractivity contribution in [1.82, 2.24) is 8.87 Å². The second-order valence-electron chi connectivity index (χ2n) is 6.47. The topological polar surface area (TPSA) is 80.4 Å². The Kier molecular flexibility index (Phi) is 4.19. The monoisotopic (exact) mass is 390 g/mol. The van der Waals surface area contributed by atoms with Gasteiger partial charge in [-0.3, -0.25) is 4.72 Å². The molecule has 8 heteroatoms. The maximum atomic E-state index is 12.9. The van der Waals surface area contributed by atoms with E-state index in [1.54, 1.807) is 18.3 Å². The maximum Gasteiger partial charge on any atom is 0.302 e. The van der Waals surface area contributed by atoms with Crippen LogP contribution in [0.3, 0.4) is 0 Å². The normalized spacial score (nSPS) is 14.7. The van der Waals surface area contributed by atoms with Crippen molar-refractivity contribution >= 4 is 38.4 Å². The van der Waals surface area contributed by atoms with Gasteiger partial charge in [-0.05, 0) is 22.8 Å². The molecule has 0 fully saturated rings. The third-order valence-electron chi connectivity index (χ3n) is 4.73. The van der Waals surface area contributed by atoms with Gasteiger partial charge >= 0.3 is 10.2 Å². The average Bonchev–Trinajstić information content (AvgIpc) is 3.16. The molecule has 0 bridgehead atoms. The van der Waals surface area contributed by atoms with Crippen LogP contribution in [0.1, 0.15) is 16.7 Å². The van der Waals surface area contributed by atoms with E-state index in [1.165, 1.54) is 4.31 Å². The van der Waals surface area contributed by atoms with Gasteiger partial charge in [0.1, 0.15) is 0 Å². The summed E-state index contributed by atoms with van der Waals surface area (Å²) in [5.41, 5.74) is 9.95. The lowest BCUT2D eigenvalue weighted by molar-refractivity contribution is 0.436. The van der Waals surface area contributed by atoms with Crippen molar-refractivity contribution in [2.75, 3.05) is 4.72 Å². The lowest BCUT2D eigenvalue weighted by Gasteiger charge is -2.18. The molecular weight excluding hydrogens is 372 g/mol. The molecule has 136 valence electrons. The maximum absolute atomic E-state index is 12.9. The zero-order valence-electron chi connectivity index (χ0n) is 14.2. The molecule has 2 aromatic carbocycles. The van der Waals surface area contributed by atoms with Crippen molar-refractivity contribution in [3.8, 4) is 0 Å². The number of benzene rings is 2. The standard InChI is InChI=1S/C18H19ClN4O2S/c1-22-11-16(19)15-3-2-4-17(18(15)22)21-26(24,25)23-9-13-6-5-12(8-20)7-14(13)10-23/h2-7,11,21H,8-10,20H2,1H3. The Morgan fingerprint density at radius 3 is 2.73 bits per heavy atom. The molecule has 0 aliphatic carbocycles. The quantitative estimate of drug-likeness (QED) is 0.718. The van der Waals surface area contributed by atoms with Crippen LogP contribution in [0.5, 0.6) is 0 Å². The van der Waals surface area contributed by atoms with Gasteiger partial charge in [0.25, 0.3) is 0 Å². The molecule has 3 N–H and O–H groups in total. The third kappa shape index (κ3) is 2.87. The van der Waals surface area contributed by atoms with Crippen LogP contribution in [0.15, 0.2) is 42.6 Å². The largest absolute Gasteiger partial charge is 0.347 e. The van der Waals surface area contributed by atoms with Gasteiger partial charge in [-0.15, -0.1) is 0 Å². The van der Waals surface area contributed by atoms with Crippen LogP contribution in [0.4, 0.5) is 5.69 Å². The summed E-state index contributed by atoms with van der Waals surface area (Å²) < 4.78 is 31.8. The molecule has 1 aliphatic heterocycles. The summed E-state index contributed by atoms with van der Waals surface area (Å²) in [5, 5.41) is 1.40. The molecule has 2 heterocycles. The molecular formula is C18H19ClN4O2S. The highest BCUT2D eigenvalue weighted by Gasteiger charge is 2.30. The fraction of sp³-hybridized carbons (Fsp3) is 0.222. The number of hydrogen-bond acceptors (Lipinski definition) is 3. The van der Waals surface area contributed by atoms with E-state index in [4.69, 9.17) is 17.3 Å². The van der Waals surface area contributed by atoms with Crippen LogP contribution >= 0.6 is 11.6 Å². The van der Waals surface area contributed by atoms with Gasteiger partial charge in [0.2, 0.25) is 0 Å². The number of para-hydroxylation sites is 1. The Morgan fingerprint density at radius 2 is 1.96 bits per heavy atom. The van der Waals surface area contributed by atoms with Gasteiger partial charge in [-0.25, -0.2) is 0 Å². The van der Waals surface area contributed by atoms with Gasteiger partial charge in [-0.2, -0.15) is 12.7 Å². The SMILES string of the molecule is Cn1cc(Cl)c2cccc(NS(=O)(=O)N3Cc4ccc(CN)cc4C3)c21. The van der Waals surface area contributed by atoms with Crippen molar-refractivity contribution < 1.29 is 8.42 Å². The van der Waals surface area contributed by atoms with Gasteiger partial charge < -0.3 is 10.3 Å². The van der Waals surface area contributed by atoms with Crippen LogP contribution in [0, 0.1) is 0 Å². The summed E-state index contributed by atoms with van der Waals surface area (Å²) in [7, 11) is -1.86. The Hall–Kier alpha value is -2.06. The summed E-state index contributed by atoms with van der Waals surface area (Å²) >= 11 is 6.22. The van der Waals surface area contributed by atoms with E-state index >= 15 is 0 Å². The molecule has 0 radical (unpaired) electrons. The predicted octanol–water partition coefficient (Wildman–Crippen LogP) is 2.96. The lowest BCUT2D eigenvalue weighted by atomic mass is 10.1. The number of aromatic nitrogens is 1. The molecule has 0 spiro atoms. The van der Waals surface area contributed by atoms with E-state index in [0.717, 1.165) is 27.6 Å². The summed E-state index contributed by atoms with van der Waals surface area (Å²) in [6, 6.07) is 11.3. The second-order valence-corrected chi connectivity index (χ2v) is 8.55. The third-order valence-corrected chi connectivity index (χ3v) is 6.45. The van der Waals surface area contributed by atoms with Gasteiger partial charge in [0, 0.05) is 38.3 Å². The zero-order valence-corrected chi connectivity index (χ0v) is 15.8. The number of anilines is 1. The molecule has 26 heavy (non-hydrogen) atoms. The van der Waals surface area contributed by atoms with Crippen LogP contribution in [0.2, 0.25) is 5.02 Å². The zero-order chi connectivity index (χ0) is 18.5. The molecule has 0 unspecified atom stereocenters. The number of nitrogens with zero attached hydrogens (tertiary/aromatic N) is 2. The Balaban J connectivity index is 1.65. The second kappa shape index (κ2) is 6.28. The molecule has 1 aliphatic rings. The first kappa shape index (κ1) is 17.4. The van der Waals surface area contributed by atoms with Crippen molar-refractivity contribution in [3.63, 3.8) is 0 Å². The molecule has 0 saturated heterocycles. The number of nitrogens with two attached hydrogens (primary N) is 1. The molecule has 0 saturated carbocycles. The number of fused-ring (bicyclic) bond motifs is 2. The first-order valence-electron chi connectivity index (χ1n) is 8.21. The van der Waals surface area contributed by atoms with Gasteiger partial charge in [0.15, 0.2) is 0 Å². The van der Waals surface area contributed by atoms with Crippen molar-refractivity contribution in [2.45, 2.75) is 19.6 Å². The van der Waals surface area contributed by atoms with Gasteiger partial charge in [-0.1, -0.05) is 41.9 Å². The van der Waals surface area contributed by atoms with Crippen molar-refractivity contribution in [1.29, 1.82) is 0 Å². The highest BCUT2D eigenvalue weighted by Crippen LogP contribution is 2.32. The van der Waals surface area contributed by atoms with E-state index in [9.17, 15) is 8.42 Å². The molecule has 0 amide bonds. The number of nitrogens with one attached hydrogen (secondary N) is 1. The highest BCUT2D eigenvalue weighted by atomic mass is 35.5. The Labute approximate surface area is 157 Å². The van der Waals surface area contributed by atoms with E-state index in [2.05, 4.69) is 4.72 Å². The van der Waals surface area contributed by atoms with E-state index in [1.807, 2.05) is 35.9 Å². The van der Waals surface area contributed by atoms with Crippen LogP contribution < -0.4 is 10.5 Å². The van der Waals surface area contributed by atoms with Crippen LogP contribution in [0.25, 0.3) is 10.9 Å². The van der Waals surface area contributed by atoms with Crippen LogP contribution in [-0.4, -0.2) is 17.3 Å². The smallest absolute Gasteiger partial charge is 0.302 e. The average molecular weight is 391 g/mol. The van der Waals surface area contributed by atoms with E-state index < -0.39 is 10.2 Å². The molecule has 1 aromatic heterocycles. The Morgan fingerprint density at radius 1 is 1.19 bits per heavy atom. The van der Waals surface area contributed by atoms with E-state index in [-0.39, 0.29) is 0 Å². The molecule has 0 atom stereocenters. The minimum absolute atomic E-state index is 0.336. The number of aryl methyl sites for hydroxylation is 1. The van der Waals surface area contributed by atoms with Crippen molar-refractivity contribution in [3.05, 3.63) is 64.3 Å².